The van der Waals surface area contributed by atoms with Gasteiger partial charge >= 0.3 is 0 Å². The predicted octanol–water partition coefficient (Wildman–Crippen LogP) is 5.71. The topological polar surface area (TPSA) is 32.3 Å². The molecule has 0 radical (unpaired) electrons. The Hall–Kier alpha value is -1.17. The van der Waals surface area contributed by atoms with Gasteiger partial charge in [0.25, 0.3) is 0 Å². The van der Waals surface area contributed by atoms with Crippen LogP contribution in [-0.4, -0.2) is 29.9 Å². The third-order valence-corrected chi connectivity index (χ3v) is 6.76. The summed E-state index contributed by atoms with van der Waals surface area (Å²) in [6.07, 6.45) is 2.22. The van der Waals surface area contributed by atoms with E-state index < -0.39 is 0 Å². The minimum atomic E-state index is -0.101. The third kappa shape index (κ3) is 5.46. The summed E-state index contributed by atoms with van der Waals surface area (Å²) in [5, 5.41) is 3.08. The van der Waals surface area contributed by atoms with Crippen molar-refractivity contribution in [3.8, 4) is 0 Å². The third-order valence-electron chi connectivity index (χ3n) is 5.85. The molecule has 1 heterocycles. The minimum Gasteiger partial charge on any atom is -0.351 e. The van der Waals surface area contributed by atoms with Gasteiger partial charge in [-0.15, -0.1) is 0 Å². The number of likely N-dealkylation sites (tertiary alicyclic amines) is 1. The number of amides is 1. The van der Waals surface area contributed by atoms with Crippen molar-refractivity contribution in [3.63, 3.8) is 0 Å². The number of piperidine rings is 1. The van der Waals surface area contributed by atoms with Crippen molar-refractivity contribution in [1.29, 1.82) is 0 Å². The molecule has 2 aromatic rings. The van der Waals surface area contributed by atoms with Crippen LogP contribution in [0.15, 0.2) is 45.3 Å². The van der Waals surface area contributed by atoms with Crippen LogP contribution in [-0.2, 0) is 11.3 Å². The number of nitrogens with zero attached hydrogens (tertiary/aromatic N) is 1. The highest BCUT2D eigenvalue weighted by Gasteiger charge is 2.27. The van der Waals surface area contributed by atoms with Gasteiger partial charge in [0.15, 0.2) is 0 Å². The summed E-state index contributed by atoms with van der Waals surface area (Å²) in [6.45, 7) is 8.84. The number of nitrogens with one attached hydrogen (secondary N) is 1. The van der Waals surface area contributed by atoms with Crippen LogP contribution in [0.25, 0.3) is 0 Å². The molecule has 3 rings (SSSR count). The zero-order valence-electron chi connectivity index (χ0n) is 16.8. The number of hydrogen-bond donors (Lipinski definition) is 1. The number of rotatable bonds is 5. The van der Waals surface area contributed by atoms with Gasteiger partial charge in [0.2, 0.25) is 5.91 Å². The van der Waals surface area contributed by atoms with E-state index in [0.29, 0.717) is 12.5 Å². The van der Waals surface area contributed by atoms with E-state index in [9.17, 15) is 4.79 Å². The first kappa shape index (κ1) is 21.5. The van der Waals surface area contributed by atoms with Crippen molar-refractivity contribution >= 4 is 37.8 Å². The van der Waals surface area contributed by atoms with Gasteiger partial charge in [-0.3, -0.25) is 9.69 Å². The van der Waals surface area contributed by atoms with Crippen LogP contribution in [0.5, 0.6) is 0 Å². The molecule has 1 N–H and O–H groups in total. The first-order valence-corrected chi connectivity index (χ1v) is 11.5. The van der Waals surface area contributed by atoms with Gasteiger partial charge < -0.3 is 5.32 Å². The molecule has 150 valence electrons. The largest absolute Gasteiger partial charge is 0.351 e. The molecule has 1 fully saturated rings. The molecule has 3 nitrogen and oxygen atoms in total. The molecular weight excluding hydrogens is 480 g/mol. The Bertz CT molecular complexity index is 824. The molecule has 1 unspecified atom stereocenters. The molecule has 1 aliphatic heterocycles. The number of hydrogen-bond acceptors (Lipinski definition) is 2. The summed E-state index contributed by atoms with van der Waals surface area (Å²) in [5.74, 6) is 0.700. The predicted molar refractivity (Wildman–Crippen MR) is 123 cm³/mol. The van der Waals surface area contributed by atoms with E-state index in [2.05, 4.69) is 74.1 Å². The average Bonchev–Trinajstić information content (AvgIpc) is 2.67. The van der Waals surface area contributed by atoms with Crippen molar-refractivity contribution < 1.29 is 4.79 Å². The summed E-state index contributed by atoms with van der Waals surface area (Å²) in [4.78, 5) is 15.0. The van der Waals surface area contributed by atoms with Crippen LogP contribution >= 0.6 is 31.9 Å². The minimum absolute atomic E-state index is 0.0979. The molecule has 28 heavy (non-hydrogen) atoms. The smallest absolute Gasteiger partial charge is 0.237 e. The lowest BCUT2D eigenvalue weighted by Gasteiger charge is -2.35. The first-order valence-electron chi connectivity index (χ1n) is 9.87. The van der Waals surface area contributed by atoms with Gasteiger partial charge in [-0.2, -0.15) is 0 Å². The Morgan fingerprint density at radius 1 is 1.07 bits per heavy atom. The van der Waals surface area contributed by atoms with E-state index in [1.165, 1.54) is 16.7 Å². The lowest BCUT2D eigenvalue weighted by molar-refractivity contribution is -0.126. The monoisotopic (exact) mass is 506 g/mol. The van der Waals surface area contributed by atoms with Crippen LogP contribution in [0.4, 0.5) is 0 Å². The normalized spacial score (nSPS) is 16.8. The van der Waals surface area contributed by atoms with Crippen molar-refractivity contribution in [2.45, 2.75) is 52.1 Å². The van der Waals surface area contributed by atoms with Crippen LogP contribution < -0.4 is 5.32 Å². The Kier molecular flexibility index (Phi) is 7.35. The summed E-state index contributed by atoms with van der Waals surface area (Å²) in [7, 11) is 0. The van der Waals surface area contributed by atoms with Gasteiger partial charge in [-0.1, -0.05) is 50.1 Å². The molecule has 0 aliphatic carbocycles. The van der Waals surface area contributed by atoms with Gasteiger partial charge in [-0.25, -0.2) is 0 Å². The second-order valence-electron chi connectivity index (χ2n) is 7.83. The van der Waals surface area contributed by atoms with Crippen molar-refractivity contribution in [2.75, 3.05) is 13.1 Å². The zero-order chi connectivity index (χ0) is 20.3. The van der Waals surface area contributed by atoms with E-state index >= 15 is 0 Å². The highest BCUT2D eigenvalue weighted by atomic mass is 79.9. The summed E-state index contributed by atoms with van der Waals surface area (Å²) in [5.41, 5.74) is 5.24. The molecular formula is C23H28Br2N2O. The highest BCUT2D eigenvalue weighted by Crippen LogP contribution is 2.30. The van der Waals surface area contributed by atoms with Crippen molar-refractivity contribution in [1.82, 2.24) is 10.2 Å². The Labute approximate surface area is 185 Å². The second kappa shape index (κ2) is 9.55. The van der Waals surface area contributed by atoms with E-state index in [1.807, 2.05) is 25.1 Å². The Morgan fingerprint density at radius 3 is 2.32 bits per heavy atom. The average molecular weight is 508 g/mol. The van der Waals surface area contributed by atoms with Gasteiger partial charge in [0.1, 0.15) is 0 Å². The van der Waals surface area contributed by atoms with E-state index in [1.54, 1.807) is 0 Å². The fraction of sp³-hybridized carbons (Fsp3) is 0.435. The van der Waals surface area contributed by atoms with E-state index in [-0.39, 0.29) is 11.9 Å². The summed E-state index contributed by atoms with van der Waals surface area (Å²) < 4.78 is 2.01. The maximum Gasteiger partial charge on any atom is 0.237 e. The number of carbonyl (C=O) groups excluding carboxylic acids is 1. The molecule has 5 heteroatoms. The maximum atomic E-state index is 12.6. The quantitative estimate of drug-likeness (QED) is 0.561. The SMILES string of the molecule is Cc1ccc(C2CCN(C(C)C(=O)NCc3cc(Br)cc(Br)c3)CC2)cc1C. The van der Waals surface area contributed by atoms with Crippen LogP contribution in [0.1, 0.15) is 47.9 Å². The Morgan fingerprint density at radius 2 is 1.71 bits per heavy atom. The fourth-order valence-corrected chi connectivity index (χ4v) is 5.24. The van der Waals surface area contributed by atoms with Crippen LogP contribution in [0.3, 0.4) is 0 Å². The molecule has 1 atom stereocenters. The molecule has 0 saturated carbocycles. The van der Waals surface area contributed by atoms with Gasteiger partial charge in [-0.05, 0) is 93.1 Å². The molecule has 0 aromatic heterocycles. The Balaban J connectivity index is 1.51. The fourth-order valence-electron chi connectivity index (χ4n) is 3.85. The van der Waals surface area contributed by atoms with Crippen molar-refractivity contribution in [2.24, 2.45) is 0 Å². The molecule has 2 aromatic carbocycles. The van der Waals surface area contributed by atoms with Crippen molar-refractivity contribution in [3.05, 3.63) is 67.6 Å². The molecule has 0 bridgehead atoms. The van der Waals surface area contributed by atoms with E-state index in [4.69, 9.17) is 0 Å². The van der Waals surface area contributed by atoms with Gasteiger partial charge in [0, 0.05) is 15.5 Å². The molecule has 1 amide bonds. The number of halogens is 2. The van der Waals surface area contributed by atoms with Gasteiger partial charge in [0.05, 0.1) is 6.04 Å². The zero-order valence-corrected chi connectivity index (χ0v) is 19.9. The standard InChI is InChI=1S/C23H28Br2N2O/c1-15-4-5-20(10-16(15)2)19-6-8-27(9-7-19)17(3)23(28)26-14-18-11-21(24)13-22(25)12-18/h4-5,10-13,17,19H,6-9,14H2,1-3H3,(H,26,28). The lowest BCUT2D eigenvalue weighted by atomic mass is 9.87. The first-order chi connectivity index (χ1) is 13.3. The number of carbonyl (C=O) groups is 1. The number of benzene rings is 2. The highest BCUT2D eigenvalue weighted by molar-refractivity contribution is 9.11. The molecule has 1 saturated heterocycles. The lowest BCUT2D eigenvalue weighted by Crippen LogP contribution is -2.47. The molecule has 0 spiro atoms. The number of aryl methyl sites for hydroxylation is 2. The van der Waals surface area contributed by atoms with E-state index in [0.717, 1.165) is 40.4 Å². The van der Waals surface area contributed by atoms with Crippen LogP contribution in [0, 0.1) is 13.8 Å². The van der Waals surface area contributed by atoms with Crippen LogP contribution in [0.2, 0.25) is 0 Å². The summed E-state index contributed by atoms with van der Waals surface area (Å²) in [6, 6.07) is 12.8. The molecule has 1 aliphatic rings. The summed E-state index contributed by atoms with van der Waals surface area (Å²) >= 11 is 6.99. The maximum absolute atomic E-state index is 12.6. The second-order valence-corrected chi connectivity index (χ2v) is 9.66.